The summed E-state index contributed by atoms with van der Waals surface area (Å²) in [5.74, 6) is 0.693. The van der Waals surface area contributed by atoms with Crippen LogP contribution in [0.15, 0.2) is 24.5 Å². The number of aromatic nitrogens is 1. The van der Waals surface area contributed by atoms with Crippen LogP contribution in [0.25, 0.3) is 0 Å². The van der Waals surface area contributed by atoms with E-state index in [0.717, 1.165) is 13.0 Å². The Bertz CT molecular complexity index is 416. The second kappa shape index (κ2) is 4.28. The average Bonchev–Trinajstić information content (AvgIpc) is 2.57. The lowest BCUT2D eigenvalue weighted by molar-refractivity contribution is -0.699. The third kappa shape index (κ3) is 3.00. The number of nitrogens with one attached hydrogen (secondary N) is 1. The maximum atomic E-state index is 11.2. The zero-order chi connectivity index (χ0) is 10.7. The molecule has 1 aromatic heterocycles. The number of nitrogens with two attached hydrogens (primary N) is 1. The minimum absolute atomic E-state index is 0.246. The van der Waals surface area contributed by atoms with Gasteiger partial charge in [-0.3, -0.25) is 0 Å². The molecule has 0 saturated carbocycles. The van der Waals surface area contributed by atoms with Crippen molar-refractivity contribution in [2.45, 2.75) is 19.0 Å². The summed E-state index contributed by atoms with van der Waals surface area (Å²) in [5, 5.41) is 2.12. The summed E-state index contributed by atoms with van der Waals surface area (Å²) in [6.07, 6.45) is 4.60. The van der Waals surface area contributed by atoms with E-state index in [0.29, 0.717) is 11.5 Å². The Kier molecular flexibility index (Phi) is 3.02. The van der Waals surface area contributed by atoms with Gasteiger partial charge in [-0.1, -0.05) is 0 Å². The van der Waals surface area contributed by atoms with Gasteiger partial charge in [0.05, 0.1) is 11.3 Å². The number of H-pyrrole nitrogens is 1. The molecule has 1 fully saturated rings. The van der Waals surface area contributed by atoms with Crippen LogP contribution in [0.3, 0.4) is 0 Å². The first kappa shape index (κ1) is 10.6. The summed E-state index contributed by atoms with van der Waals surface area (Å²) in [6, 6.07) is 4.24. The monoisotopic (exact) mass is 228 g/mol. The lowest BCUT2D eigenvalue weighted by Crippen LogP contribution is -2.89. The summed E-state index contributed by atoms with van der Waals surface area (Å²) in [5.41, 5.74) is 1.20. The quantitative estimate of drug-likeness (QED) is 0.702. The van der Waals surface area contributed by atoms with Gasteiger partial charge in [-0.2, -0.15) is 0 Å². The highest BCUT2D eigenvalue weighted by Gasteiger charge is 2.30. The highest BCUT2D eigenvalue weighted by molar-refractivity contribution is 7.91. The molecule has 4 nitrogen and oxygen atoms in total. The number of pyridine rings is 1. The Morgan fingerprint density at radius 3 is 3.00 bits per heavy atom. The minimum Gasteiger partial charge on any atom is -0.339 e. The van der Waals surface area contributed by atoms with E-state index in [4.69, 9.17) is 0 Å². The van der Waals surface area contributed by atoms with Gasteiger partial charge in [0.1, 0.15) is 18.3 Å². The molecule has 0 amide bonds. The van der Waals surface area contributed by atoms with Crippen LogP contribution in [-0.4, -0.2) is 26.0 Å². The molecule has 1 saturated heterocycles. The zero-order valence-corrected chi connectivity index (χ0v) is 9.33. The average molecular weight is 228 g/mol. The maximum absolute atomic E-state index is 11.2. The Labute approximate surface area is 89.6 Å². The molecule has 0 spiro atoms. The number of rotatable bonds is 3. The Balaban J connectivity index is 1.85. The molecule has 5 heteroatoms. The van der Waals surface area contributed by atoms with E-state index >= 15 is 0 Å². The van der Waals surface area contributed by atoms with Crippen LogP contribution in [0, 0.1) is 0 Å². The molecule has 3 N–H and O–H groups in total. The third-order valence-electron chi connectivity index (χ3n) is 2.73. The first-order valence-electron chi connectivity index (χ1n) is 5.14. The molecule has 1 atom stereocenters. The van der Waals surface area contributed by atoms with Crippen LogP contribution in [-0.2, 0) is 16.4 Å². The van der Waals surface area contributed by atoms with Crippen molar-refractivity contribution in [2.24, 2.45) is 0 Å². The maximum Gasteiger partial charge on any atom is 0.175 e. The van der Waals surface area contributed by atoms with Crippen molar-refractivity contribution in [1.82, 2.24) is 0 Å². The van der Waals surface area contributed by atoms with Crippen molar-refractivity contribution in [2.75, 3.05) is 11.5 Å². The normalized spacial score (nSPS) is 24.1. The van der Waals surface area contributed by atoms with E-state index in [-0.39, 0.29) is 6.04 Å². The smallest absolute Gasteiger partial charge is 0.175 e. The summed E-state index contributed by atoms with van der Waals surface area (Å²) in [4.78, 5) is 3.01. The van der Waals surface area contributed by atoms with Gasteiger partial charge in [0.2, 0.25) is 0 Å². The number of quaternary nitrogens is 1. The minimum atomic E-state index is -2.74. The van der Waals surface area contributed by atoms with Gasteiger partial charge in [0.25, 0.3) is 0 Å². The summed E-state index contributed by atoms with van der Waals surface area (Å²) in [6.45, 7) is 0.845. The van der Waals surface area contributed by atoms with E-state index < -0.39 is 9.84 Å². The molecule has 2 heterocycles. The first-order chi connectivity index (χ1) is 7.16. The van der Waals surface area contributed by atoms with E-state index in [1.165, 1.54) is 5.56 Å². The van der Waals surface area contributed by atoms with Gasteiger partial charge in [0, 0.05) is 12.5 Å². The lowest BCUT2D eigenvalue weighted by Gasteiger charge is -2.05. The molecule has 0 bridgehead atoms. The van der Waals surface area contributed by atoms with Gasteiger partial charge in [-0.05, 0) is 6.07 Å². The van der Waals surface area contributed by atoms with Crippen molar-refractivity contribution in [3.05, 3.63) is 30.1 Å². The SMILES string of the molecule is O=S1(=O)CCC([NH2+]Cc2ccc[nH+]c2)C1. The van der Waals surface area contributed by atoms with E-state index in [9.17, 15) is 8.42 Å². The van der Waals surface area contributed by atoms with Crippen LogP contribution in [0.4, 0.5) is 0 Å². The standard InChI is InChI=1S/C10H14N2O2S/c13-15(14)5-3-10(8-15)12-7-9-2-1-4-11-6-9/h1-2,4,6,10,12H,3,5,7-8H2/p+2. The zero-order valence-electron chi connectivity index (χ0n) is 8.52. The Morgan fingerprint density at radius 2 is 2.40 bits per heavy atom. The van der Waals surface area contributed by atoms with Gasteiger partial charge >= 0.3 is 0 Å². The van der Waals surface area contributed by atoms with Crippen molar-refractivity contribution in [3.63, 3.8) is 0 Å². The van der Waals surface area contributed by atoms with Crippen molar-refractivity contribution in [1.29, 1.82) is 0 Å². The molecule has 1 aliphatic rings. The van der Waals surface area contributed by atoms with Crippen LogP contribution < -0.4 is 10.3 Å². The molecular formula is C10H16N2O2S+2. The fraction of sp³-hybridized carbons (Fsp3) is 0.500. The fourth-order valence-electron chi connectivity index (χ4n) is 1.87. The second-order valence-corrected chi connectivity index (χ2v) is 6.24. The first-order valence-corrected chi connectivity index (χ1v) is 6.97. The molecule has 2 rings (SSSR count). The molecule has 1 unspecified atom stereocenters. The highest BCUT2D eigenvalue weighted by atomic mass is 32.2. The highest BCUT2D eigenvalue weighted by Crippen LogP contribution is 2.07. The number of sulfone groups is 1. The van der Waals surface area contributed by atoms with Crippen molar-refractivity contribution in [3.8, 4) is 0 Å². The van der Waals surface area contributed by atoms with E-state index in [1.807, 2.05) is 24.5 Å². The lowest BCUT2D eigenvalue weighted by atomic mass is 10.2. The molecule has 0 aromatic carbocycles. The van der Waals surface area contributed by atoms with E-state index in [1.54, 1.807) is 0 Å². The number of aromatic amines is 1. The van der Waals surface area contributed by atoms with Crippen LogP contribution in [0.5, 0.6) is 0 Å². The molecule has 1 aromatic rings. The Morgan fingerprint density at radius 1 is 1.53 bits per heavy atom. The molecule has 0 radical (unpaired) electrons. The number of hydrogen-bond acceptors (Lipinski definition) is 2. The molecule has 0 aliphatic carbocycles. The second-order valence-electron chi connectivity index (χ2n) is 4.01. The van der Waals surface area contributed by atoms with Crippen molar-refractivity contribution < 1.29 is 18.7 Å². The predicted octanol–water partition coefficient (Wildman–Crippen LogP) is -1.25. The van der Waals surface area contributed by atoms with Gasteiger partial charge < -0.3 is 5.32 Å². The number of hydrogen-bond donors (Lipinski definition) is 1. The predicted molar refractivity (Wildman–Crippen MR) is 55.7 cm³/mol. The molecule has 1 aliphatic heterocycles. The summed E-state index contributed by atoms with van der Waals surface area (Å²) >= 11 is 0. The van der Waals surface area contributed by atoms with Crippen LogP contribution >= 0.6 is 0 Å². The van der Waals surface area contributed by atoms with Gasteiger partial charge in [-0.15, -0.1) is 0 Å². The van der Waals surface area contributed by atoms with E-state index in [2.05, 4.69) is 10.3 Å². The Hall–Kier alpha value is -0.940. The van der Waals surface area contributed by atoms with Gasteiger partial charge in [0.15, 0.2) is 22.2 Å². The van der Waals surface area contributed by atoms with Crippen LogP contribution in [0.1, 0.15) is 12.0 Å². The summed E-state index contributed by atoms with van der Waals surface area (Å²) < 4.78 is 22.5. The largest absolute Gasteiger partial charge is 0.339 e. The molecular weight excluding hydrogens is 212 g/mol. The van der Waals surface area contributed by atoms with Crippen LogP contribution in [0.2, 0.25) is 0 Å². The van der Waals surface area contributed by atoms with Crippen molar-refractivity contribution >= 4 is 9.84 Å². The topological polar surface area (TPSA) is 64.9 Å². The summed E-state index contributed by atoms with van der Waals surface area (Å²) in [7, 11) is -2.74. The fourth-order valence-corrected chi connectivity index (χ4v) is 3.65. The third-order valence-corrected chi connectivity index (χ3v) is 4.52. The van der Waals surface area contributed by atoms with Gasteiger partial charge in [-0.25, -0.2) is 13.4 Å². The molecule has 82 valence electrons. The molecule has 15 heavy (non-hydrogen) atoms.